The number of carbonyl (C=O) groups excluding carboxylic acids is 1. The van der Waals surface area contributed by atoms with Gasteiger partial charge in [0.25, 0.3) is 0 Å². The number of hydrogen-bond donors (Lipinski definition) is 2. The quantitative estimate of drug-likeness (QED) is 0.813. The Hall–Kier alpha value is -1.43. The van der Waals surface area contributed by atoms with Crippen molar-refractivity contribution in [3.8, 4) is 0 Å². The van der Waals surface area contributed by atoms with Crippen molar-refractivity contribution in [2.75, 3.05) is 19.8 Å². The van der Waals surface area contributed by atoms with Crippen LogP contribution in [0.4, 0.5) is 0 Å². The summed E-state index contributed by atoms with van der Waals surface area (Å²) in [4.78, 5) is 12.1. The van der Waals surface area contributed by atoms with Crippen LogP contribution < -0.4 is 11.1 Å². The Morgan fingerprint density at radius 2 is 2.20 bits per heavy atom. The molecule has 1 aliphatic heterocycles. The fourth-order valence-electron chi connectivity index (χ4n) is 2.19. The Labute approximate surface area is 119 Å². The number of nitrogens with two attached hydrogens (primary N) is 1. The molecule has 0 saturated carbocycles. The third kappa shape index (κ3) is 3.56. The smallest absolute Gasteiger partial charge is 0.242 e. The van der Waals surface area contributed by atoms with Crippen LogP contribution in [0.25, 0.3) is 0 Å². The summed E-state index contributed by atoms with van der Waals surface area (Å²) >= 11 is 0. The van der Waals surface area contributed by atoms with E-state index < -0.39 is 5.54 Å². The summed E-state index contributed by atoms with van der Waals surface area (Å²) in [5.74, 6) is -0.152. The van der Waals surface area contributed by atoms with Crippen LogP contribution in [0.15, 0.2) is 24.3 Å². The van der Waals surface area contributed by atoms with E-state index in [-0.39, 0.29) is 5.91 Å². The van der Waals surface area contributed by atoms with Gasteiger partial charge in [-0.25, -0.2) is 0 Å². The van der Waals surface area contributed by atoms with Crippen molar-refractivity contribution >= 4 is 5.91 Å². The van der Waals surface area contributed by atoms with Crippen LogP contribution in [0.3, 0.4) is 0 Å². The fraction of sp³-hybridized carbons (Fsp3) is 0.533. The summed E-state index contributed by atoms with van der Waals surface area (Å²) in [6.07, 6.45) is 0.569. The second-order valence-electron chi connectivity index (χ2n) is 5.05. The number of nitrogens with one attached hydrogen (secondary N) is 1. The average molecular weight is 278 g/mol. The van der Waals surface area contributed by atoms with Crippen LogP contribution in [0, 0.1) is 0 Å². The molecule has 1 fully saturated rings. The Morgan fingerprint density at radius 3 is 2.85 bits per heavy atom. The van der Waals surface area contributed by atoms with Gasteiger partial charge in [-0.15, -0.1) is 0 Å². The zero-order valence-corrected chi connectivity index (χ0v) is 11.9. The highest BCUT2D eigenvalue weighted by Gasteiger charge is 2.37. The highest BCUT2D eigenvalue weighted by molar-refractivity contribution is 5.86. The normalized spacial score (nSPS) is 21.9. The van der Waals surface area contributed by atoms with E-state index in [4.69, 9.17) is 15.2 Å². The Morgan fingerprint density at radius 1 is 1.45 bits per heavy atom. The number of hydrogen-bond acceptors (Lipinski definition) is 4. The Bertz CT molecular complexity index is 456. The second-order valence-corrected chi connectivity index (χ2v) is 5.05. The first-order valence-corrected chi connectivity index (χ1v) is 6.95. The van der Waals surface area contributed by atoms with Crippen LogP contribution in [0.2, 0.25) is 0 Å². The molecule has 20 heavy (non-hydrogen) atoms. The molecule has 1 amide bonds. The molecule has 1 aliphatic rings. The van der Waals surface area contributed by atoms with Gasteiger partial charge in [-0.3, -0.25) is 4.79 Å². The molecule has 1 heterocycles. The molecule has 5 nitrogen and oxygen atoms in total. The minimum absolute atomic E-state index is 0.152. The molecule has 0 spiro atoms. The van der Waals surface area contributed by atoms with Crippen LogP contribution in [0.5, 0.6) is 0 Å². The topological polar surface area (TPSA) is 73.6 Å². The molecule has 0 aliphatic carbocycles. The highest BCUT2D eigenvalue weighted by atomic mass is 16.5. The highest BCUT2D eigenvalue weighted by Crippen LogP contribution is 2.16. The number of carbonyl (C=O) groups is 1. The molecular weight excluding hydrogens is 256 g/mol. The van der Waals surface area contributed by atoms with Gasteiger partial charge < -0.3 is 20.5 Å². The predicted octanol–water partition coefficient (Wildman–Crippen LogP) is 0.957. The van der Waals surface area contributed by atoms with Crippen LogP contribution >= 0.6 is 0 Å². The molecule has 1 atom stereocenters. The van der Waals surface area contributed by atoms with E-state index in [1.54, 1.807) is 0 Å². The predicted molar refractivity (Wildman–Crippen MR) is 76.0 cm³/mol. The van der Waals surface area contributed by atoms with Gasteiger partial charge in [0, 0.05) is 19.8 Å². The first kappa shape index (κ1) is 15.0. The summed E-state index contributed by atoms with van der Waals surface area (Å²) in [6, 6.07) is 7.92. The monoisotopic (exact) mass is 278 g/mol. The van der Waals surface area contributed by atoms with Gasteiger partial charge in [0.2, 0.25) is 5.91 Å². The maximum Gasteiger partial charge on any atom is 0.242 e. The van der Waals surface area contributed by atoms with Crippen LogP contribution in [-0.2, 0) is 27.4 Å². The lowest BCUT2D eigenvalue weighted by atomic mass is 9.99. The molecule has 5 heteroatoms. The largest absolute Gasteiger partial charge is 0.379 e. The van der Waals surface area contributed by atoms with Crippen molar-refractivity contribution in [3.63, 3.8) is 0 Å². The number of benzene rings is 1. The zero-order valence-electron chi connectivity index (χ0n) is 11.9. The summed E-state index contributed by atoms with van der Waals surface area (Å²) in [7, 11) is 0. The molecule has 110 valence electrons. The van der Waals surface area contributed by atoms with Crippen molar-refractivity contribution in [2.24, 2.45) is 5.73 Å². The number of rotatable bonds is 6. The van der Waals surface area contributed by atoms with Gasteiger partial charge in [0.15, 0.2) is 0 Å². The Kier molecular flexibility index (Phi) is 5.11. The van der Waals surface area contributed by atoms with Crippen LogP contribution in [0.1, 0.15) is 24.5 Å². The molecule has 0 bridgehead atoms. The van der Waals surface area contributed by atoms with E-state index in [2.05, 4.69) is 5.32 Å². The molecule has 1 aromatic rings. The molecule has 1 saturated heterocycles. The summed E-state index contributed by atoms with van der Waals surface area (Å²) in [5, 5.41) is 2.90. The lowest BCUT2D eigenvalue weighted by molar-refractivity contribution is -0.126. The minimum atomic E-state index is -0.880. The lowest BCUT2D eigenvalue weighted by Crippen LogP contribution is -2.54. The standard InChI is InChI=1S/C15H22N2O3/c1-2-19-10-13-6-4-3-5-12(13)9-17-14(18)15(16)7-8-20-11-15/h3-6H,2,7-11,16H2,1H3,(H,17,18). The third-order valence-electron chi connectivity index (χ3n) is 3.52. The van der Waals surface area contributed by atoms with E-state index in [0.29, 0.717) is 39.4 Å². The minimum Gasteiger partial charge on any atom is -0.379 e. The first-order chi connectivity index (χ1) is 9.65. The van der Waals surface area contributed by atoms with Gasteiger partial charge in [0.1, 0.15) is 5.54 Å². The summed E-state index contributed by atoms with van der Waals surface area (Å²) in [5.41, 5.74) is 7.28. The SMILES string of the molecule is CCOCc1ccccc1CNC(=O)C1(N)CCOC1. The molecule has 3 N–H and O–H groups in total. The van der Waals surface area contributed by atoms with Crippen molar-refractivity contribution in [3.05, 3.63) is 35.4 Å². The average Bonchev–Trinajstić information content (AvgIpc) is 2.91. The number of ether oxygens (including phenoxy) is 2. The Balaban J connectivity index is 1.95. The van der Waals surface area contributed by atoms with Gasteiger partial charge in [-0.05, 0) is 24.5 Å². The number of amides is 1. The van der Waals surface area contributed by atoms with Crippen LogP contribution in [-0.4, -0.2) is 31.3 Å². The van der Waals surface area contributed by atoms with Crippen molar-refractivity contribution in [1.29, 1.82) is 0 Å². The molecular formula is C15H22N2O3. The van der Waals surface area contributed by atoms with Gasteiger partial charge in [-0.2, -0.15) is 0 Å². The molecule has 0 aromatic heterocycles. The van der Waals surface area contributed by atoms with E-state index in [0.717, 1.165) is 11.1 Å². The second kappa shape index (κ2) is 6.83. The molecule has 2 rings (SSSR count). The first-order valence-electron chi connectivity index (χ1n) is 6.95. The van der Waals surface area contributed by atoms with Crippen molar-refractivity contribution in [2.45, 2.75) is 32.0 Å². The zero-order chi connectivity index (χ0) is 14.4. The molecule has 0 radical (unpaired) electrons. The lowest BCUT2D eigenvalue weighted by Gasteiger charge is -2.21. The van der Waals surface area contributed by atoms with E-state index in [9.17, 15) is 4.79 Å². The van der Waals surface area contributed by atoms with E-state index in [1.807, 2.05) is 31.2 Å². The van der Waals surface area contributed by atoms with Crippen molar-refractivity contribution in [1.82, 2.24) is 5.32 Å². The maximum atomic E-state index is 12.1. The molecule has 1 aromatic carbocycles. The van der Waals surface area contributed by atoms with E-state index in [1.165, 1.54) is 0 Å². The van der Waals surface area contributed by atoms with Gasteiger partial charge in [0.05, 0.1) is 13.2 Å². The van der Waals surface area contributed by atoms with Gasteiger partial charge >= 0.3 is 0 Å². The summed E-state index contributed by atoms with van der Waals surface area (Å²) < 4.78 is 10.6. The molecule has 1 unspecified atom stereocenters. The third-order valence-corrected chi connectivity index (χ3v) is 3.52. The summed E-state index contributed by atoms with van der Waals surface area (Å²) in [6.45, 7) is 4.48. The maximum absolute atomic E-state index is 12.1. The fourth-order valence-corrected chi connectivity index (χ4v) is 2.19. The van der Waals surface area contributed by atoms with E-state index >= 15 is 0 Å². The van der Waals surface area contributed by atoms with Crippen molar-refractivity contribution < 1.29 is 14.3 Å². The van der Waals surface area contributed by atoms with Gasteiger partial charge in [-0.1, -0.05) is 24.3 Å².